The van der Waals surface area contributed by atoms with Gasteiger partial charge in [0.05, 0.1) is 0 Å². The summed E-state index contributed by atoms with van der Waals surface area (Å²) in [5, 5.41) is 11.5. The van der Waals surface area contributed by atoms with Crippen LogP contribution in [0.4, 0.5) is 4.39 Å². The number of aromatic nitrogens is 4. The van der Waals surface area contributed by atoms with Gasteiger partial charge in [-0.2, -0.15) is 10.2 Å². The molecule has 1 aliphatic heterocycles. The Bertz CT molecular complexity index is 918. The van der Waals surface area contributed by atoms with E-state index >= 15 is 0 Å². The highest BCUT2D eigenvalue weighted by Crippen LogP contribution is 2.31. The molecule has 26 heavy (non-hydrogen) atoms. The number of hydrogen-bond acceptors (Lipinski definition) is 3. The van der Waals surface area contributed by atoms with E-state index in [1.54, 1.807) is 29.1 Å². The number of carbonyl (C=O) groups excluding carboxylic acids is 1. The van der Waals surface area contributed by atoms with Gasteiger partial charge in [-0.05, 0) is 24.6 Å². The van der Waals surface area contributed by atoms with Crippen molar-refractivity contribution < 1.29 is 9.18 Å². The van der Waals surface area contributed by atoms with Crippen molar-refractivity contribution in [1.29, 1.82) is 0 Å². The van der Waals surface area contributed by atoms with Crippen LogP contribution in [0.2, 0.25) is 0 Å². The van der Waals surface area contributed by atoms with Gasteiger partial charge in [-0.15, -0.1) is 0 Å². The van der Waals surface area contributed by atoms with Crippen LogP contribution >= 0.6 is 0 Å². The fraction of sp³-hybridized carbons (Fsp3) is 0.316. The minimum absolute atomic E-state index is 0.0301. The zero-order chi connectivity index (χ0) is 18.1. The highest BCUT2D eigenvalue weighted by Gasteiger charge is 2.30. The Morgan fingerprint density at radius 2 is 2.19 bits per heavy atom. The molecule has 2 aromatic heterocycles. The summed E-state index contributed by atoms with van der Waals surface area (Å²) in [6.07, 6.45) is 4.83. The van der Waals surface area contributed by atoms with Gasteiger partial charge in [0.25, 0.3) is 0 Å². The summed E-state index contributed by atoms with van der Waals surface area (Å²) >= 11 is 0. The van der Waals surface area contributed by atoms with Crippen molar-refractivity contribution >= 4 is 5.91 Å². The Labute approximate surface area is 150 Å². The zero-order valence-corrected chi connectivity index (χ0v) is 14.5. The lowest BCUT2D eigenvalue weighted by Crippen LogP contribution is -2.40. The lowest BCUT2D eigenvalue weighted by atomic mass is 10.00. The zero-order valence-electron chi connectivity index (χ0n) is 14.5. The molecule has 3 aromatic rings. The summed E-state index contributed by atoms with van der Waals surface area (Å²) in [5.74, 6) is -0.282. The molecule has 1 amide bonds. The van der Waals surface area contributed by atoms with Crippen molar-refractivity contribution in [1.82, 2.24) is 24.9 Å². The second kappa shape index (κ2) is 6.74. The van der Waals surface area contributed by atoms with Gasteiger partial charge in [-0.25, -0.2) is 4.39 Å². The lowest BCUT2D eigenvalue weighted by molar-refractivity contribution is -0.136. The summed E-state index contributed by atoms with van der Waals surface area (Å²) in [4.78, 5) is 14.9. The molecular weight excluding hydrogens is 333 g/mol. The number of nitrogens with zero attached hydrogens (tertiary/aromatic N) is 4. The summed E-state index contributed by atoms with van der Waals surface area (Å²) in [6.45, 7) is 3.01. The molecular formula is C19H20FN5O. The van der Waals surface area contributed by atoms with Gasteiger partial charge in [0.15, 0.2) is 0 Å². The van der Waals surface area contributed by atoms with Crippen LogP contribution in [0.25, 0.3) is 11.3 Å². The van der Waals surface area contributed by atoms with Crippen molar-refractivity contribution in [2.45, 2.75) is 32.4 Å². The van der Waals surface area contributed by atoms with E-state index in [0.29, 0.717) is 37.2 Å². The Hall–Kier alpha value is -2.96. The molecule has 0 fully saturated rings. The van der Waals surface area contributed by atoms with Crippen LogP contribution in [-0.4, -0.2) is 37.3 Å². The highest BCUT2D eigenvalue weighted by atomic mass is 19.1. The molecule has 0 spiro atoms. The van der Waals surface area contributed by atoms with Crippen LogP contribution in [0.5, 0.6) is 0 Å². The number of aromatic amines is 1. The second-order valence-corrected chi connectivity index (χ2v) is 6.43. The quantitative estimate of drug-likeness (QED) is 0.784. The van der Waals surface area contributed by atoms with Gasteiger partial charge in [0, 0.05) is 48.7 Å². The Morgan fingerprint density at radius 3 is 2.92 bits per heavy atom. The molecule has 0 aliphatic carbocycles. The number of amides is 1. The molecule has 0 bridgehead atoms. The van der Waals surface area contributed by atoms with E-state index in [0.717, 1.165) is 11.3 Å². The first-order chi connectivity index (χ1) is 12.7. The highest BCUT2D eigenvalue weighted by molar-refractivity contribution is 5.81. The fourth-order valence-corrected chi connectivity index (χ4v) is 3.51. The van der Waals surface area contributed by atoms with E-state index < -0.39 is 0 Å². The maximum Gasteiger partial charge on any atom is 0.247 e. The van der Waals surface area contributed by atoms with Crippen molar-refractivity contribution in [2.24, 2.45) is 0 Å². The molecule has 0 radical (unpaired) electrons. The monoisotopic (exact) mass is 353 g/mol. The number of H-pyrrole nitrogens is 1. The number of halogens is 1. The number of hydrogen-bond donors (Lipinski definition) is 1. The standard InChI is InChI=1S/C19H20FN5O/c1-2-17(25-10-5-9-21-25)19(26)24-11-8-16-14(12-24)18(23-22-16)13-6-3-4-7-15(13)20/h3-7,9-10,17H,2,8,11-12H2,1H3,(H,22,23). The third kappa shape index (κ3) is 2.79. The smallest absolute Gasteiger partial charge is 0.247 e. The van der Waals surface area contributed by atoms with E-state index in [4.69, 9.17) is 0 Å². The van der Waals surface area contributed by atoms with Crippen molar-refractivity contribution in [3.63, 3.8) is 0 Å². The molecule has 7 heteroatoms. The predicted molar refractivity (Wildman–Crippen MR) is 94.7 cm³/mol. The SMILES string of the molecule is CCC(C(=O)N1CCc2[nH]nc(-c3ccccc3F)c2C1)n1cccn1. The maximum absolute atomic E-state index is 14.2. The molecule has 4 rings (SSSR count). The minimum Gasteiger partial charge on any atom is -0.336 e. The average Bonchev–Trinajstić information content (AvgIpc) is 3.32. The second-order valence-electron chi connectivity index (χ2n) is 6.43. The van der Waals surface area contributed by atoms with Crippen molar-refractivity contribution in [3.8, 4) is 11.3 Å². The first-order valence-electron chi connectivity index (χ1n) is 8.78. The topological polar surface area (TPSA) is 66.8 Å². The summed E-state index contributed by atoms with van der Waals surface area (Å²) in [7, 11) is 0. The molecule has 6 nitrogen and oxygen atoms in total. The van der Waals surface area contributed by atoms with E-state index in [1.165, 1.54) is 6.07 Å². The lowest BCUT2D eigenvalue weighted by Gasteiger charge is -2.30. The molecule has 1 N–H and O–H groups in total. The van der Waals surface area contributed by atoms with Crippen LogP contribution in [0.15, 0.2) is 42.7 Å². The number of benzene rings is 1. The first-order valence-corrected chi connectivity index (χ1v) is 8.78. The normalized spacial score (nSPS) is 14.9. The molecule has 3 heterocycles. The van der Waals surface area contributed by atoms with Crippen LogP contribution < -0.4 is 0 Å². The largest absolute Gasteiger partial charge is 0.336 e. The minimum atomic E-state index is -0.324. The summed E-state index contributed by atoms with van der Waals surface area (Å²) < 4.78 is 15.9. The van der Waals surface area contributed by atoms with Crippen LogP contribution in [0.3, 0.4) is 0 Å². The summed E-state index contributed by atoms with van der Waals surface area (Å²) in [5.41, 5.74) is 2.91. The molecule has 134 valence electrons. The number of nitrogens with one attached hydrogen (secondary N) is 1. The third-order valence-corrected chi connectivity index (χ3v) is 4.89. The third-order valence-electron chi connectivity index (χ3n) is 4.89. The molecule has 1 aliphatic rings. The van der Waals surface area contributed by atoms with Gasteiger partial charge < -0.3 is 4.90 Å². The number of fused-ring (bicyclic) bond motifs is 1. The van der Waals surface area contributed by atoms with Crippen LogP contribution in [-0.2, 0) is 17.8 Å². The fourth-order valence-electron chi connectivity index (χ4n) is 3.51. The molecule has 1 unspecified atom stereocenters. The molecule has 0 saturated heterocycles. The Balaban J connectivity index is 1.63. The van der Waals surface area contributed by atoms with E-state index in [-0.39, 0.29) is 17.8 Å². The van der Waals surface area contributed by atoms with Crippen LogP contribution in [0, 0.1) is 5.82 Å². The van der Waals surface area contributed by atoms with E-state index in [9.17, 15) is 9.18 Å². The summed E-state index contributed by atoms with van der Waals surface area (Å²) in [6, 6.07) is 8.07. The van der Waals surface area contributed by atoms with Crippen molar-refractivity contribution in [2.75, 3.05) is 6.54 Å². The Morgan fingerprint density at radius 1 is 1.35 bits per heavy atom. The van der Waals surface area contributed by atoms with Crippen molar-refractivity contribution in [3.05, 3.63) is 59.8 Å². The molecule has 1 atom stereocenters. The van der Waals surface area contributed by atoms with Gasteiger partial charge in [0.2, 0.25) is 5.91 Å². The van der Waals surface area contributed by atoms with Gasteiger partial charge in [0.1, 0.15) is 17.6 Å². The van der Waals surface area contributed by atoms with Crippen LogP contribution in [0.1, 0.15) is 30.6 Å². The average molecular weight is 353 g/mol. The van der Waals surface area contributed by atoms with E-state index in [1.807, 2.05) is 24.1 Å². The Kier molecular flexibility index (Phi) is 4.28. The first kappa shape index (κ1) is 16.5. The number of carbonyl (C=O) groups is 1. The van der Waals surface area contributed by atoms with Gasteiger partial charge in [-0.3, -0.25) is 14.6 Å². The predicted octanol–water partition coefficient (Wildman–Crippen LogP) is 2.95. The number of rotatable bonds is 4. The van der Waals surface area contributed by atoms with E-state index in [2.05, 4.69) is 15.3 Å². The molecule has 0 saturated carbocycles. The van der Waals surface area contributed by atoms with Gasteiger partial charge in [-0.1, -0.05) is 19.1 Å². The maximum atomic E-state index is 14.2. The molecule has 1 aromatic carbocycles. The van der Waals surface area contributed by atoms with Gasteiger partial charge >= 0.3 is 0 Å².